The van der Waals surface area contributed by atoms with Crippen molar-refractivity contribution in [1.29, 1.82) is 0 Å². The molecule has 0 atom stereocenters. The predicted octanol–water partition coefficient (Wildman–Crippen LogP) is -1.83. The molecule has 0 amide bonds. The quantitative estimate of drug-likeness (QED) is 0.310. The average molecular weight is 175 g/mol. The van der Waals surface area contributed by atoms with E-state index in [1.54, 1.807) is 24.3 Å². The van der Waals surface area contributed by atoms with Crippen molar-refractivity contribution in [3.63, 3.8) is 0 Å². The number of anilines is 1. The molecule has 0 fully saturated rings. The summed E-state index contributed by atoms with van der Waals surface area (Å²) in [7, 11) is 1.33. The van der Waals surface area contributed by atoms with E-state index in [-0.39, 0.29) is 31.0 Å². The zero-order valence-corrected chi connectivity index (χ0v) is 9.20. The number of para-hydroxylation sites is 1. The number of hydrogen-bond acceptors (Lipinski definition) is 3. The van der Waals surface area contributed by atoms with Gasteiger partial charge in [-0.15, -0.1) is 0 Å². The monoisotopic (exact) mass is 175 g/mol. The standard InChI is InChI=1S/C8H9NO2.Na.H/c1-11-8(10)6-4-2-3-5-7(6)9;;/h2-5H,9H2,1H3;;/q;+1;-1. The first kappa shape index (κ1) is 11.5. The fraction of sp³-hybridized carbons (Fsp3) is 0.125. The first-order valence-electron chi connectivity index (χ1n) is 3.18. The third-order valence-electron chi connectivity index (χ3n) is 1.37. The minimum Gasteiger partial charge on any atom is -1.00 e. The second-order valence-corrected chi connectivity index (χ2v) is 2.08. The Labute approximate surface area is 94.7 Å². The third-order valence-corrected chi connectivity index (χ3v) is 1.37. The molecule has 0 radical (unpaired) electrons. The van der Waals surface area contributed by atoms with Crippen LogP contribution in [0, 0.1) is 0 Å². The molecule has 0 saturated carbocycles. The van der Waals surface area contributed by atoms with Gasteiger partial charge in [0.25, 0.3) is 0 Å². The Bertz CT molecular complexity index is 281. The summed E-state index contributed by atoms with van der Waals surface area (Å²) >= 11 is 0. The summed E-state index contributed by atoms with van der Waals surface area (Å²) in [6.45, 7) is 0. The number of ether oxygens (including phenoxy) is 1. The fourth-order valence-electron chi connectivity index (χ4n) is 0.793. The van der Waals surface area contributed by atoms with Gasteiger partial charge < -0.3 is 11.9 Å². The van der Waals surface area contributed by atoms with E-state index in [2.05, 4.69) is 4.74 Å². The Hall–Kier alpha value is -0.510. The Kier molecular flexibility index (Phi) is 4.97. The van der Waals surface area contributed by atoms with Gasteiger partial charge in [0.1, 0.15) is 0 Å². The van der Waals surface area contributed by atoms with Crippen LogP contribution >= 0.6 is 0 Å². The first-order valence-corrected chi connectivity index (χ1v) is 3.18. The molecule has 2 N–H and O–H groups in total. The van der Waals surface area contributed by atoms with Crippen LogP contribution in [0.1, 0.15) is 11.8 Å². The third kappa shape index (κ3) is 2.52. The van der Waals surface area contributed by atoms with Crippen LogP contribution in [0.4, 0.5) is 5.69 Å². The molecule has 0 saturated heterocycles. The summed E-state index contributed by atoms with van der Waals surface area (Å²) < 4.78 is 4.50. The first-order chi connectivity index (χ1) is 5.25. The number of nitrogens with two attached hydrogens (primary N) is 1. The molecule has 0 aliphatic rings. The number of hydrogen-bond donors (Lipinski definition) is 1. The van der Waals surface area contributed by atoms with E-state index in [9.17, 15) is 4.79 Å². The maximum absolute atomic E-state index is 10.9. The number of rotatable bonds is 1. The van der Waals surface area contributed by atoms with Gasteiger partial charge in [0, 0.05) is 5.69 Å². The van der Waals surface area contributed by atoms with Crippen molar-refractivity contribution >= 4 is 11.7 Å². The summed E-state index contributed by atoms with van der Waals surface area (Å²) in [6, 6.07) is 6.79. The van der Waals surface area contributed by atoms with Crippen LogP contribution in [0.5, 0.6) is 0 Å². The molecule has 0 aromatic heterocycles. The normalized spacial score (nSPS) is 8.42. The van der Waals surface area contributed by atoms with E-state index in [1.165, 1.54) is 7.11 Å². The van der Waals surface area contributed by atoms with E-state index in [0.717, 1.165) is 0 Å². The number of esters is 1. The molecule has 0 heterocycles. The SMILES string of the molecule is COC(=O)c1ccccc1N.[H-].[Na+]. The van der Waals surface area contributed by atoms with Crippen molar-refractivity contribution in [3.8, 4) is 0 Å². The molecular formula is C8H10NNaO2. The summed E-state index contributed by atoms with van der Waals surface area (Å²) in [5.74, 6) is -0.400. The molecule has 3 nitrogen and oxygen atoms in total. The second kappa shape index (κ2) is 5.19. The molecule has 12 heavy (non-hydrogen) atoms. The molecule has 0 spiro atoms. The molecule has 4 heteroatoms. The maximum Gasteiger partial charge on any atom is 1.00 e. The van der Waals surface area contributed by atoms with E-state index in [4.69, 9.17) is 5.73 Å². The molecule has 1 aromatic rings. The minimum absolute atomic E-state index is 0. The van der Waals surface area contributed by atoms with Gasteiger partial charge in [0.15, 0.2) is 0 Å². The van der Waals surface area contributed by atoms with Crippen LogP contribution in [0.15, 0.2) is 24.3 Å². The largest absolute Gasteiger partial charge is 1.00 e. The van der Waals surface area contributed by atoms with Gasteiger partial charge in [0.05, 0.1) is 12.7 Å². The molecule has 0 aliphatic carbocycles. The van der Waals surface area contributed by atoms with E-state index in [1.807, 2.05) is 0 Å². The van der Waals surface area contributed by atoms with Gasteiger partial charge in [0.2, 0.25) is 0 Å². The molecule has 0 unspecified atom stereocenters. The Morgan fingerprint density at radius 1 is 1.50 bits per heavy atom. The molecule has 1 aromatic carbocycles. The second-order valence-electron chi connectivity index (χ2n) is 2.08. The van der Waals surface area contributed by atoms with Crippen molar-refractivity contribution in [2.45, 2.75) is 0 Å². The van der Waals surface area contributed by atoms with Crippen LogP contribution in [-0.2, 0) is 4.74 Å². The van der Waals surface area contributed by atoms with Gasteiger partial charge in [-0.1, -0.05) is 12.1 Å². The average Bonchev–Trinajstić information content (AvgIpc) is 2.04. The van der Waals surface area contributed by atoms with Crippen molar-refractivity contribution in [2.24, 2.45) is 0 Å². The summed E-state index contributed by atoms with van der Waals surface area (Å²) in [5.41, 5.74) is 6.35. The van der Waals surface area contributed by atoms with E-state index in [0.29, 0.717) is 11.3 Å². The number of carbonyl (C=O) groups is 1. The number of methoxy groups -OCH3 is 1. The van der Waals surface area contributed by atoms with E-state index < -0.39 is 5.97 Å². The predicted molar refractivity (Wildman–Crippen MR) is 43.3 cm³/mol. The Morgan fingerprint density at radius 2 is 2.08 bits per heavy atom. The smallest absolute Gasteiger partial charge is 1.00 e. The van der Waals surface area contributed by atoms with Crippen LogP contribution in [0.3, 0.4) is 0 Å². The molecule has 1 rings (SSSR count). The summed E-state index contributed by atoms with van der Waals surface area (Å²) in [6.07, 6.45) is 0. The van der Waals surface area contributed by atoms with Gasteiger partial charge in [-0.2, -0.15) is 0 Å². The number of carbonyl (C=O) groups excluding carboxylic acids is 1. The van der Waals surface area contributed by atoms with Crippen molar-refractivity contribution in [2.75, 3.05) is 12.8 Å². The summed E-state index contributed by atoms with van der Waals surface area (Å²) in [5, 5.41) is 0. The number of benzene rings is 1. The van der Waals surface area contributed by atoms with Crippen molar-refractivity contribution in [3.05, 3.63) is 29.8 Å². The molecule has 0 aliphatic heterocycles. The van der Waals surface area contributed by atoms with Crippen LogP contribution in [0.25, 0.3) is 0 Å². The van der Waals surface area contributed by atoms with Crippen LogP contribution in [0.2, 0.25) is 0 Å². The van der Waals surface area contributed by atoms with Crippen molar-refractivity contribution < 1.29 is 40.5 Å². The van der Waals surface area contributed by atoms with Gasteiger partial charge in [-0.05, 0) is 12.1 Å². The molecule has 60 valence electrons. The molecule has 0 bridgehead atoms. The topological polar surface area (TPSA) is 52.3 Å². The fourth-order valence-corrected chi connectivity index (χ4v) is 0.793. The Morgan fingerprint density at radius 3 is 2.58 bits per heavy atom. The Balaban J connectivity index is 0. The van der Waals surface area contributed by atoms with Crippen molar-refractivity contribution in [1.82, 2.24) is 0 Å². The zero-order valence-electron chi connectivity index (χ0n) is 8.20. The number of nitrogen functional groups attached to an aromatic ring is 1. The minimum atomic E-state index is -0.400. The maximum atomic E-state index is 10.9. The molecular weight excluding hydrogens is 165 g/mol. The van der Waals surface area contributed by atoms with Gasteiger partial charge in [-0.3, -0.25) is 0 Å². The van der Waals surface area contributed by atoms with Gasteiger partial charge in [-0.25, -0.2) is 4.79 Å². The van der Waals surface area contributed by atoms with Crippen LogP contribution in [-0.4, -0.2) is 13.1 Å². The van der Waals surface area contributed by atoms with Crippen LogP contribution < -0.4 is 35.3 Å². The van der Waals surface area contributed by atoms with E-state index >= 15 is 0 Å². The van der Waals surface area contributed by atoms with Gasteiger partial charge >= 0.3 is 35.5 Å². The summed E-state index contributed by atoms with van der Waals surface area (Å²) in [4.78, 5) is 10.9. The zero-order chi connectivity index (χ0) is 8.27.